The Labute approximate surface area is 161 Å². The Balaban J connectivity index is 1.65. The average molecular weight is 409 g/mol. The van der Waals surface area contributed by atoms with E-state index in [-0.39, 0.29) is 28.9 Å². The van der Waals surface area contributed by atoms with E-state index in [0.717, 1.165) is 11.1 Å². The topological polar surface area (TPSA) is 83.6 Å². The molecule has 2 aromatic rings. The lowest BCUT2D eigenvalue weighted by molar-refractivity contribution is 0.308. The molecule has 1 aliphatic heterocycles. The number of nitrogens with zero attached hydrogens (tertiary/aromatic N) is 1. The van der Waals surface area contributed by atoms with E-state index in [4.69, 9.17) is 0 Å². The molecular weight excluding hydrogens is 384 g/mol. The van der Waals surface area contributed by atoms with Gasteiger partial charge in [-0.15, -0.1) is 0 Å². The van der Waals surface area contributed by atoms with Crippen LogP contribution in [0.2, 0.25) is 0 Å². The molecule has 6 nitrogen and oxygen atoms in total. The van der Waals surface area contributed by atoms with Crippen LogP contribution >= 0.6 is 0 Å². The van der Waals surface area contributed by atoms with Gasteiger partial charge in [-0.2, -0.15) is 4.31 Å². The fraction of sp³-hybridized carbons (Fsp3) is 0.368. The van der Waals surface area contributed by atoms with E-state index >= 15 is 0 Å². The van der Waals surface area contributed by atoms with Crippen molar-refractivity contribution in [3.63, 3.8) is 0 Å². The van der Waals surface area contributed by atoms with Crippen LogP contribution < -0.4 is 4.72 Å². The highest BCUT2D eigenvalue weighted by Gasteiger charge is 2.31. The van der Waals surface area contributed by atoms with Crippen molar-refractivity contribution in [3.8, 4) is 0 Å². The first-order valence-electron chi connectivity index (χ1n) is 8.84. The Hall–Kier alpha value is -1.74. The molecule has 8 heteroatoms. The Kier molecular flexibility index (Phi) is 5.71. The van der Waals surface area contributed by atoms with Crippen molar-refractivity contribution in [2.45, 2.75) is 42.5 Å². The smallest absolute Gasteiger partial charge is 0.208 e. The molecule has 0 aliphatic carbocycles. The van der Waals surface area contributed by atoms with Crippen LogP contribution in [0.15, 0.2) is 58.3 Å². The quantitative estimate of drug-likeness (QED) is 0.824. The molecule has 1 fully saturated rings. The van der Waals surface area contributed by atoms with Gasteiger partial charge in [-0.1, -0.05) is 35.4 Å². The summed E-state index contributed by atoms with van der Waals surface area (Å²) >= 11 is 0. The molecule has 0 saturated carbocycles. The summed E-state index contributed by atoms with van der Waals surface area (Å²) in [6, 6.07) is 13.2. The zero-order valence-electron chi connectivity index (χ0n) is 15.4. The molecule has 146 valence electrons. The molecule has 3 rings (SSSR count). The van der Waals surface area contributed by atoms with Gasteiger partial charge in [0.25, 0.3) is 0 Å². The van der Waals surface area contributed by atoms with Crippen molar-refractivity contribution in [1.82, 2.24) is 9.03 Å². The van der Waals surface area contributed by atoms with Gasteiger partial charge >= 0.3 is 0 Å². The van der Waals surface area contributed by atoms with Gasteiger partial charge in [0.1, 0.15) is 0 Å². The van der Waals surface area contributed by atoms with E-state index in [1.165, 1.54) is 4.31 Å². The second kappa shape index (κ2) is 7.71. The van der Waals surface area contributed by atoms with Gasteiger partial charge in [0.15, 0.2) is 0 Å². The van der Waals surface area contributed by atoms with Crippen molar-refractivity contribution in [2.75, 3.05) is 13.1 Å². The van der Waals surface area contributed by atoms with Gasteiger partial charge in [-0.3, -0.25) is 0 Å². The van der Waals surface area contributed by atoms with E-state index in [1.807, 2.05) is 13.8 Å². The molecule has 0 aromatic heterocycles. The molecule has 0 radical (unpaired) electrons. The third kappa shape index (κ3) is 4.57. The highest BCUT2D eigenvalue weighted by atomic mass is 32.2. The van der Waals surface area contributed by atoms with Crippen LogP contribution in [0, 0.1) is 13.8 Å². The Bertz CT molecular complexity index is 991. The van der Waals surface area contributed by atoms with E-state index in [9.17, 15) is 16.8 Å². The highest BCUT2D eigenvalue weighted by molar-refractivity contribution is 7.89. The van der Waals surface area contributed by atoms with Crippen LogP contribution in [0.1, 0.15) is 24.0 Å². The number of sulfonamides is 2. The second-order valence-corrected chi connectivity index (χ2v) is 10.6. The Morgan fingerprint density at radius 3 is 1.70 bits per heavy atom. The van der Waals surface area contributed by atoms with Crippen molar-refractivity contribution in [2.24, 2.45) is 0 Å². The maximum absolute atomic E-state index is 12.7. The largest absolute Gasteiger partial charge is 0.243 e. The van der Waals surface area contributed by atoms with Crippen molar-refractivity contribution >= 4 is 20.0 Å². The van der Waals surface area contributed by atoms with Crippen LogP contribution in [0.25, 0.3) is 0 Å². The van der Waals surface area contributed by atoms with E-state index < -0.39 is 20.0 Å². The van der Waals surface area contributed by atoms with Gasteiger partial charge < -0.3 is 0 Å². The van der Waals surface area contributed by atoms with Crippen LogP contribution in [-0.4, -0.2) is 40.3 Å². The highest BCUT2D eigenvalue weighted by Crippen LogP contribution is 2.22. The third-order valence-electron chi connectivity index (χ3n) is 4.77. The first-order valence-corrected chi connectivity index (χ1v) is 11.8. The predicted octanol–water partition coefficient (Wildman–Crippen LogP) is 2.44. The standard InChI is InChI=1S/C19H24N2O4S2/c1-15-3-7-18(8-4-15)26(22,23)20-17-11-13-21(14-12-17)27(24,25)19-9-5-16(2)6-10-19/h3-10,17,20H,11-14H2,1-2H3. The first-order chi connectivity index (χ1) is 12.7. The minimum Gasteiger partial charge on any atom is -0.208 e. The normalized spacial score (nSPS) is 17.1. The first kappa shape index (κ1) is 20.0. The van der Waals surface area contributed by atoms with Crippen molar-refractivity contribution in [1.29, 1.82) is 0 Å². The predicted molar refractivity (Wildman–Crippen MR) is 104 cm³/mol. The molecule has 0 atom stereocenters. The van der Waals surface area contributed by atoms with Crippen LogP contribution in [0.3, 0.4) is 0 Å². The van der Waals surface area contributed by atoms with Gasteiger partial charge in [0, 0.05) is 19.1 Å². The second-order valence-electron chi connectivity index (χ2n) is 6.93. The number of rotatable bonds is 5. The van der Waals surface area contributed by atoms with Crippen LogP contribution in [-0.2, 0) is 20.0 Å². The van der Waals surface area contributed by atoms with Crippen LogP contribution in [0.4, 0.5) is 0 Å². The number of piperidine rings is 1. The van der Waals surface area contributed by atoms with Gasteiger partial charge in [0.05, 0.1) is 9.79 Å². The van der Waals surface area contributed by atoms with Gasteiger partial charge in [-0.05, 0) is 51.0 Å². The average Bonchev–Trinajstić information content (AvgIpc) is 2.62. The summed E-state index contributed by atoms with van der Waals surface area (Å²) in [7, 11) is -7.15. The Morgan fingerprint density at radius 1 is 0.778 bits per heavy atom. The number of hydrogen-bond acceptors (Lipinski definition) is 4. The van der Waals surface area contributed by atoms with Crippen LogP contribution in [0.5, 0.6) is 0 Å². The molecule has 27 heavy (non-hydrogen) atoms. The number of benzene rings is 2. The summed E-state index contributed by atoms with van der Waals surface area (Å²) in [6.07, 6.45) is 0.881. The maximum atomic E-state index is 12.7. The molecule has 0 bridgehead atoms. The molecule has 2 aromatic carbocycles. The number of hydrogen-bond donors (Lipinski definition) is 1. The lowest BCUT2D eigenvalue weighted by Crippen LogP contribution is -2.46. The molecular formula is C19H24N2O4S2. The molecule has 1 N–H and O–H groups in total. The van der Waals surface area contributed by atoms with E-state index in [0.29, 0.717) is 12.8 Å². The molecule has 0 spiro atoms. The van der Waals surface area contributed by atoms with Gasteiger partial charge in [0.2, 0.25) is 20.0 Å². The minimum absolute atomic E-state index is 0.225. The molecule has 0 unspecified atom stereocenters. The van der Waals surface area contributed by atoms with E-state index in [2.05, 4.69) is 4.72 Å². The lowest BCUT2D eigenvalue weighted by Gasteiger charge is -2.31. The van der Waals surface area contributed by atoms with E-state index in [1.54, 1.807) is 48.5 Å². The monoisotopic (exact) mass is 408 g/mol. The summed E-state index contributed by atoms with van der Waals surface area (Å²) in [6.45, 7) is 4.38. The van der Waals surface area contributed by atoms with Gasteiger partial charge in [-0.25, -0.2) is 21.6 Å². The summed E-state index contributed by atoms with van der Waals surface area (Å²) in [5.74, 6) is 0. The molecule has 0 amide bonds. The molecule has 1 aliphatic rings. The summed E-state index contributed by atoms with van der Waals surface area (Å²) in [4.78, 5) is 0.495. The van der Waals surface area contributed by atoms with Crippen molar-refractivity contribution in [3.05, 3.63) is 59.7 Å². The fourth-order valence-corrected chi connectivity index (χ4v) is 5.85. The summed E-state index contributed by atoms with van der Waals surface area (Å²) in [5, 5.41) is 0. The maximum Gasteiger partial charge on any atom is 0.243 e. The third-order valence-corrected chi connectivity index (χ3v) is 8.22. The lowest BCUT2D eigenvalue weighted by atomic mass is 10.1. The minimum atomic E-state index is -3.60. The summed E-state index contributed by atoms with van der Waals surface area (Å²) in [5.41, 5.74) is 1.99. The number of nitrogens with one attached hydrogen (secondary N) is 1. The Morgan fingerprint density at radius 2 is 1.22 bits per heavy atom. The fourth-order valence-electron chi connectivity index (χ4n) is 3.08. The van der Waals surface area contributed by atoms with Crippen molar-refractivity contribution < 1.29 is 16.8 Å². The summed E-state index contributed by atoms with van der Waals surface area (Å²) < 4.78 is 54.6. The molecule has 1 heterocycles. The molecule has 1 saturated heterocycles. The zero-order chi connectivity index (χ0) is 19.7. The SMILES string of the molecule is Cc1ccc(S(=O)(=O)NC2CCN(S(=O)(=O)c3ccc(C)cc3)CC2)cc1. The number of aryl methyl sites for hydroxylation is 2. The zero-order valence-corrected chi connectivity index (χ0v) is 17.1.